The molecule has 0 fully saturated rings. The Labute approximate surface area is 126 Å². The Bertz CT molecular complexity index is 410. The lowest BCUT2D eigenvalue weighted by Crippen LogP contribution is -2.22. The number of benzene rings is 1. The van der Waals surface area contributed by atoms with Crippen LogP contribution in [0, 0.1) is 0 Å². The van der Waals surface area contributed by atoms with Gasteiger partial charge >= 0.3 is 0 Å². The molecule has 4 nitrogen and oxygen atoms in total. The molecule has 0 saturated heterocycles. The van der Waals surface area contributed by atoms with Gasteiger partial charge in [0.05, 0.1) is 13.7 Å². The highest BCUT2D eigenvalue weighted by molar-refractivity contribution is 6.30. The topological polar surface area (TPSA) is 39.7 Å². The Kier molecular flexibility index (Phi) is 7.73. The lowest BCUT2D eigenvalue weighted by atomic mass is 10.1. The van der Waals surface area contributed by atoms with E-state index >= 15 is 0 Å². The lowest BCUT2D eigenvalue weighted by molar-refractivity contribution is 0.170. The zero-order valence-corrected chi connectivity index (χ0v) is 13.4. The molecule has 20 heavy (non-hydrogen) atoms. The SMILES string of the molecule is COCCCOc1c(CNC(C)C)cc(Cl)cc1OC. The molecule has 1 aromatic carbocycles. The summed E-state index contributed by atoms with van der Waals surface area (Å²) in [4.78, 5) is 0. The van der Waals surface area contributed by atoms with Crippen LogP contribution in [0.3, 0.4) is 0 Å². The molecule has 1 aromatic rings. The number of hydrogen-bond acceptors (Lipinski definition) is 4. The number of rotatable bonds is 9. The minimum atomic E-state index is 0.390. The van der Waals surface area contributed by atoms with Crippen LogP contribution >= 0.6 is 11.6 Å². The summed E-state index contributed by atoms with van der Waals surface area (Å²) < 4.78 is 16.2. The summed E-state index contributed by atoms with van der Waals surface area (Å²) in [7, 11) is 3.30. The van der Waals surface area contributed by atoms with E-state index in [4.69, 9.17) is 25.8 Å². The second-order valence-electron chi connectivity index (χ2n) is 4.83. The Morgan fingerprint density at radius 3 is 2.55 bits per heavy atom. The maximum absolute atomic E-state index is 6.12. The van der Waals surface area contributed by atoms with Crippen molar-refractivity contribution in [2.75, 3.05) is 27.4 Å². The van der Waals surface area contributed by atoms with Gasteiger partial charge in [0, 0.05) is 49.4 Å². The second-order valence-corrected chi connectivity index (χ2v) is 5.26. The van der Waals surface area contributed by atoms with Crippen LogP contribution in [0.25, 0.3) is 0 Å². The molecule has 0 radical (unpaired) electrons. The zero-order valence-electron chi connectivity index (χ0n) is 12.7. The fraction of sp³-hybridized carbons (Fsp3) is 0.600. The molecular formula is C15H24ClNO3. The number of methoxy groups -OCH3 is 2. The van der Waals surface area contributed by atoms with Gasteiger partial charge in [-0.3, -0.25) is 0 Å². The van der Waals surface area contributed by atoms with Crippen molar-refractivity contribution in [2.45, 2.75) is 32.9 Å². The van der Waals surface area contributed by atoms with Crippen LogP contribution in [0.5, 0.6) is 11.5 Å². The van der Waals surface area contributed by atoms with Crippen molar-refractivity contribution >= 4 is 11.6 Å². The average Bonchev–Trinajstić information content (AvgIpc) is 2.42. The maximum Gasteiger partial charge on any atom is 0.165 e. The average molecular weight is 302 g/mol. The molecule has 0 spiro atoms. The van der Waals surface area contributed by atoms with Gasteiger partial charge in [-0.15, -0.1) is 0 Å². The van der Waals surface area contributed by atoms with Crippen LogP contribution in [0.2, 0.25) is 5.02 Å². The monoisotopic (exact) mass is 301 g/mol. The van der Waals surface area contributed by atoms with E-state index in [1.807, 2.05) is 6.07 Å². The van der Waals surface area contributed by atoms with Gasteiger partial charge in [-0.1, -0.05) is 25.4 Å². The molecule has 0 aliphatic heterocycles. The lowest BCUT2D eigenvalue weighted by Gasteiger charge is -2.17. The molecule has 0 aliphatic carbocycles. The van der Waals surface area contributed by atoms with Gasteiger partial charge < -0.3 is 19.5 Å². The molecule has 0 amide bonds. The van der Waals surface area contributed by atoms with Gasteiger partial charge in [0.15, 0.2) is 11.5 Å². The van der Waals surface area contributed by atoms with Crippen LogP contribution in [0.15, 0.2) is 12.1 Å². The quantitative estimate of drug-likeness (QED) is 0.711. The van der Waals surface area contributed by atoms with Crippen LogP contribution in [0.4, 0.5) is 0 Å². The van der Waals surface area contributed by atoms with Crippen molar-refractivity contribution in [1.82, 2.24) is 5.32 Å². The van der Waals surface area contributed by atoms with Crippen molar-refractivity contribution in [2.24, 2.45) is 0 Å². The first kappa shape index (κ1) is 17.1. The third-order valence-corrected chi connectivity index (χ3v) is 2.97. The third kappa shape index (κ3) is 5.57. The highest BCUT2D eigenvalue weighted by Gasteiger charge is 2.13. The van der Waals surface area contributed by atoms with E-state index in [2.05, 4.69) is 19.2 Å². The Morgan fingerprint density at radius 2 is 1.95 bits per heavy atom. The maximum atomic E-state index is 6.12. The van der Waals surface area contributed by atoms with Gasteiger partial charge in [0.25, 0.3) is 0 Å². The number of ether oxygens (including phenoxy) is 3. The normalized spacial score (nSPS) is 10.9. The van der Waals surface area contributed by atoms with Gasteiger partial charge in [0.1, 0.15) is 0 Å². The van der Waals surface area contributed by atoms with Crippen LogP contribution in [-0.4, -0.2) is 33.5 Å². The van der Waals surface area contributed by atoms with Gasteiger partial charge in [-0.25, -0.2) is 0 Å². The molecule has 0 unspecified atom stereocenters. The van der Waals surface area contributed by atoms with E-state index in [1.165, 1.54) is 0 Å². The summed E-state index contributed by atoms with van der Waals surface area (Å²) in [5.74, 6) is 1.41. The minimum Gasteiger partial charge on any atom is -0.493 e. The van der Waals surface area contributed by atoms with E-state index in [1.54, 1.807) is 20.3 Å². The van der Waals surface area contributed by atoms with Crippen LogP contribution in [-0.2, 0) is 11.3 Å². The predicted octanol–water partition coefficient (Wildman–Crippen LogP) is 3.26. The summed E-state index contributed by atoms with van der Waals surface area (Å²) in [6.07, 6.45) is 0.833. The van der Waals surface area contributed by atoms with E-state index in [9.17, 15) is 0 Å². The number of hydrogen-bond donors (Lipinski definition) is 1. The second kappa shape index (κ2) is 9.06. The summed E-state index contributed by atoms with van der Waals surface area (Å²) in [6, 6.07) is 4.07. The highest BCUT2D eigenvalue weighted by Crippen LogP contribution is 2.34. The Balaban J connectivity index is 2.84. The van der Waals surface area contributed by atoms with E-state index in [-0.39, 0.29) is 0 Å². The van der Waals surface area contributed by atoms with Crippen LogP contribution < -0.4 is 14.8 Å². The van der Waals surface area contributed by atoms with Crippen molar-refractivity contribution in [1.29, 1.82) is 0 Å². The molecule has 0 saturated carbocycles. The van der Waals surface area contributed by atoms with E-state index in [0.29, 0.717) is 36.6 Å². The smallest absolute Gasteiger partial charge is 0.165 e. The first-order valence-electron chi connectivity index (χ1n) is 6.80. The predicted molar refractivity (Wildman–Crippen MR) is 82.0 cm³/mol. The minimum absolute atomic E-state index is 0.390. The van der Waals surface area contributed by atoms with Crippen molar-refractivity contribution < 1.29 is 14.2 Å². The molecule has 0 bridgehead atoms. The molecule has 0 aliphatic rings. The zero-order chi connectivity index (χ0) is 15.0. The first-order chi connectivity index (χ1) is 9.58. The largest absolute Gasteiger partial charge is 0.493 e. The number of halogens is 1. The molecule has 5 heteroatoms. The van der Waals surface area contributed by atoms with Crippen LogP contribution in [0.1, 0.15) is 25.8 Å². The molecule has 114 valence electrons. The summed E-state index contributed by atoms with van der Waals surface area (Å²) >= 11 is 6.12. The molecule has 1 N–H and O–H groups in total. The summed E-state index contributed by atoms with van der Waals surface area (Å²) in [5.41, 5.74) is 1.00. The third-order valence-electron chi connectivity index (χ3n) is 2.76. The first-order valence-corrected chi connectivity index (χ1v) is 7.17. The molecule has 0 aromatic heterocycles. The molecule has 1 rings (SSSR count). The van der Waals surface area contributed by atoms with Crippen molar-refractivity contribution in [3.8, 4) is 11.5 Å². The van der Waals surface area contributed by atoms with Crippen molar-refractivity contribution in [3.05, 3.63) is 22.7 Å². The Morgan fingerprint density at radius 1 is 1.20 bits per heavy atom. The molecule has 0 atom stereocenters. The molecular weight excluding hydrogens is 278 g/mol. The van der Waals surface area contributed by atoms with E-state index < -0.39 is 0 Å². The van der Waals surface area contributed by atoms with Crippen molar-refractivity contribution in [3.63, 3.8) is 0 Å². The number of nitrogens with one attached hydrogen (secondary N) is 1. The Hall–Kier alpha value is -0.970. The van der Waals surface area contributed by atoms with Gasteiger partial charge in [-0.05, 0) is 6.07 Å². The summed E-state index contributed by atoms with van der Waals surface area (Å²) in [5, 5.41) is 4.01. The van der Waals surface area contributed by atoms with Gasteiger partial charge in [0.2, 0.25) is 0 Å². The van der Waals surface area contributed by atoms with E-state index in [0.717, 1.165) is 17.7 Å². The fourth-order valence-electron chi connectivity index (χ4n) is 1.76. The standard InChI is InChI=1S/C15H24ClNO3/c1-11(2)17-10-12-8-13(16)9-14(19-4)15(12)20-7-5-6-18-3/h8-9,11,17H,5-7,10H2,1-4H3. The summed E-state index contributed by atoms with van der Waals surface area (Å²) in [6.45, 7) is 6.14. The molecule has 0 heterocycles. The fourth-order valence-corrected chi connectivity index (χ4v) is 1.99. The highest BCUT2D eigenvalue weighted by atomic mass is 35.5. The van der Waals surface area contributed by atoms with Gasteiger partial charge in [-0.2, -0.15) is 0 Å².